The van der Waals surface area contributed by atoms with E-state index in [1.165, 1.54) is 12.3 Å². The van der Waals surface area contributed by atoms with Crippen LogP contribution >= 0.6 is 0 Å². The average molecular weight is 330 g/mol. The van der Waals surface area contributed by atoms with Gasteiger partial charge in [0.05, 0.1) is 6.26 Å². The van der Waals surface area contributed by atoms with Gasteiger partial charge in [-0.2, -0.15) is 0 Å². The highest BCUT2D eigenvalue weighted by Gasteiger charge is 2.32. The van der Waals surface area contributed by atoms with E-state index in [0.29, 0.717) is 5.56 Å². The van der Waals surface area contributed by atoms with Crippen molar-refractivity contribution in [2.75, 3.05) is 6.54 Å². The summed E-state index contributed by atoms with van der Waals surface area (Å²) in [6.07, 6.45) is 3.48. The minimum atomic E-state index is -0.347. The second-order valence-corrected chi connectivity index (χ2v) is 5.83. The Balaban J connectivity index is 1.53. The van der Waals surface area contributed by atoms with Crippen LogP contribution in [0.4, 0.5) is 4.39 Å². The van der Waals surface area contributed by atoms with Crippen molar-refractivity contribution >= 4 is 11.8 Å². The molecule has 126 valence electrons. The number of rotatable bonds is 7. The highest BCUT2D eigenvalue weighted by molar-refractivity contribution is 5.91. The SMILES string of the molecule is O=C(NCCC(=O)N(Cc1ccccc1F)C1CC1)c1ccco1. The summed E-state index contributed by atoms with van der Waals surface area (Å²) in [7, 11) is 0. The molecule has 2 aromatic rings. The minimum absolute atomic E-state index is 0.0829. The molecular formula is C18H19FN2O3. The predicted octanol–water partition coefficient (Wildman–Crippen LogP) is 2.73. The number of carbonyl (C=O) groups is 2. The van der Waals surface area contributed by atoms with Gasteiger partial charge in [-0.3, -0.25) is 9.59 Å². The Morgan fingerprint density at radius 2 is 2.00 bits per heavy atom. The highest BCUT2D eigenvalue weighted by atomic mass is 19.1. The fraction of sp³-hybridized carbons (Fsp3) is 0.333. The molecule has 1 heterocycles. The number of nitrogens with zero attached hydrogens (tertiary/aromatic N) is 1. The predicted molar refractivity (Wildman–Crippen MR) is 85.6 cm³/mol. The maximum absolute atomic E-state index is 13.8. The van der Waals surface area contributed by atoms with Gasteiger partial charge in [-0.15, -0.1) is 0 Å². The van der Waals surface area contributed by atoms with Crippen molar-refractivity contribution in [3.63, 3.8) is 0 Å². The number of furan rings is 1. The summed E-state index contributed by atoms with van der Waals surface area (Å²) in [5.74, 6) is -0.518. The van der Waals surface area contributed by atoms with Crippen LogP contribution in [-0.2, 0) is 11.3 Å². The van der Waals surface area contributed by atoms with Gasteiger partial charge in [0.1, 0.15) is 5.82 Å². The molecule has 0 aliphatic heterocycles. The van der Waals surface area contributed by atoms with E-state index in [0.717, 1.165) is 12.8 Å². The van der Waals surface area contributed by atoms with Crippen LogP contribution in [0.3, 0.4) is 0 Å². The Morgan fingerprint density at radius 1 is 1.21 bits per heavy atom. The number of nitrogens with one attached hydrogen (secondary N) is 1. The molecule has 1 fully saturated rings. The van der Waals surface area contributed by atoms with E-state index in [4.69, 9.17) is 4.42 Å². The molecule has 0 saturated heterocycles. The molecule has 0 atom stereocenters. The number of amides is 2. The molecule has 1 saturated carbocycles. The first-order valence-electron chi connectivity index (χ1n) is 7.99. The summed E-state index contributed by atoms with van der Waals surface area (Å²) < 4.78 is 18.8. The second kappa shape index (κ2) is 7.29. The zero-order valence-corrected chi connectivity index (χ0v) is 13.2. The smallest absolute Gasteiger partial charge is 0.286 e. The molecule has 24 heavy (non-hydrogen) atoms. The number of benzene rings is 1. The van der Waals surface area contributed by atoms with Crippen LogP contribution in [0.25, 0.3) is 0 Å². The molecular weight excluding hydrogens is 311 g/mol. The largest absolute Gasteiger partial charge is 0.459 e. The Bertz CT molecular complexity index is 711. The molecule has 1 aromatic carbocycles. The molecule has 1 N–H and O–H groups in total. The summed E-state index contributed by atoms with van der Waals surface area (Å²) in [6, 6.07) is 9.85. The summed E-state index contributed by atoms with van der Waals surface area (Å²) in [6.45, 7) is 0.487. The summed E-state index contributed by atoms with van der Waals surface area (Å²) >= 11 is 0. The monoisotopic (exact) mass is 330 g/mol. The third-order valence-electron chi connectivity index (χ3n) is 3.98. The van der Waals surface area contributed by atoms with E-state index >= 15 is 0 Å². The number of halogens is 1. The van der Waals surface area contributed by atoms with E-state index in [1.54, 1.807) is 35.2 Å². The van der Waals surface area contributed by atoms with Gasteiger partial charge in [-0.1, -0.05) is 18.2 Å². The molecule has 1 aliphatic carbocycles. The first-order valence-corrected chi connectivity index (χ1v) is 7.99. The molecule has 0 radical (unpaired) electrons. The lowest BCUT2D eigenvalue weighted by Crippen LogP contribution is -2.35. The topological polar surface area (TPSA) is 62.6 Å². The lowest BCUT2D eigenvalue weighted by molar-refractivity contribution is -0.132. The summed E-state index contributed by atoms with van der Waals surface area (Å²) in [5, 5.41) is 2.65. The van der Waals surface area contributed by atoms with Gasteiger partial charge >= 0.3 is 0 Å². The Labute approximate surface area is 139 Å². The third kappa shape index (κ3) is 4.01. The first-order chi connectivity index (χ1) is 11.6. The van der Waals surface area contributed by atoms with Crippen LogP contribution in [0, 0.1) is 5.82 Å². The molecule has 0 unspecified atom stereocenters. The molecule has 2 amide bonds. The van der Waals surface area contributed by atoms with E-state index < -0.39 is 0 Å². The van der Waals surface area contributed by atoms with Crippen molar-refractivity contribution in [1.82, 2.24) is 10.2 Å². The molecule has 6 heteroatoms. The molecule has 3 rings (SSSR count). The minimum Gasteiger partial charge on any atom is -0.459 e. The molecule has 1 aromatic heterocycles. The maximum atomic E-state index is 13.8. The number of hydrogen-bond donors (Lipinski definition) is 1. The summed E-state index contributed by atoms with van der Waals surface area (Å²) in [4.78, 5) is 25.9. The molecule has 0 spiro atoms. The van der Waals surface area contributed by atoms with E-state index in [2.05, 4.69) is 5.32 Å². The van der Waals surface area contributed by atoms with Gasteiger partial charge in [0.25, 0.3) is 5.91 Å². The van der Waals surface area contributed by atoms with Crippen LogP contribution < -0.4 is 5.32 Å². The molecule has 1 aliphatic rings. The Morgan fingerprint density at radius 3 is 2.67 bits per heavy atom. The van der Waals surface area contributed by atoms with Crippen molar-refractivity contribution in [2.45, 2.75) is 31.8 Å². The van der Waals surface area contributed by atoms with Crippen LogP contribution in [0.15, 0.2) is 47.1 Å². The third-order valence-corrected chi connectivity index (χ3v) is 3.98. The van der Waals surface area contributed by atoms with Crippen LogP contribution in [0.5, 0.6) is 0 Å². The Kier molecular flexibility index (Phi) is 4.93. The van der Waals surface area contributed by atoms with Crippen molar-refractivity contribution in [1.29, 1.82) is 0 Å². The second-order valence-electron chi connectivity index (χ2n) is 5.83. The van der Waals surface area contributed by atoms with Gasteiger partial charge in [0, 0.05) is 31.1 Å². The summed E-state index contributed by atoms with van der Waals surface area (Å²) in [5.41, 5.74) is 0.511. The fourth-order valence-electron chi connectivity index (χ4n) is 2.54. The van der Waals surface area contributed by atoms with Crippen LogP contribution in [0.2, 0.25) is 0 Å². The first kappa shape index (κ1) is 16.2. The number of carbonyl (C=O) groups excluding carboxylic acids is 2. The van der Waals surface area contributed by atoms with Crippen molar-refractivity contribution in [3.05, 3.63) is 59.8 Å². The normalized spacial score (nSPS) is 13.5. The maximum Gasteiger partial charge on any atom is 0.286 e. The fourth-order valence-corrected chi connectivity index (χ4v) is 2.54. The zero-order chi connectivity index (χ0) is 16.9. The van der Waals surface area contributed by atoms with Crippen molar-refractivity contribution < 1.29 is 18.4 Å². The Hall–Kier alpha value is -2.63. The number of hydrogen-bond acceptors (Lipinski definition) is 3. The zero-order valence-electron chi connectivity index (χ0n) is 13.2. The van der Waals surface area contributed by atoms with Gasteiger partial charge in [0.15, 0.2) is 5.76 Å². The van der Waals surface area contributed by atoms with Gasteiger partial charge in [-0.25, -0.2) is 4.39 Å². The molecule has 0 bridgehead atoms. The molecule has 5 nitrogen and oxygen atoms in total. The van der Waals surface area contributed by atoms with Gasteiger partial charge in [-0.05, 0) is 31.0 Å². The lowest BCUT2D eigenvalue weighted by atomic mass is 10.2. The lowest BCUT2D eigenvalue weighted by Gasteiger charge is -2.23. The average Bonchev–Trinajstić information content (AvgIpc) is 3.26. The van der Waals surface area contributed by atoms with E-state index in [-0.39, 0.29) is 48.9 Å². The highest BCUT2D eigenvalue weighted by Crippen LogP contribution is 2.29. The van der Waals surface area contributed by atoms with E-state index in [9.17, 15) is 14.0 Å². The van der Waals surface area contributed by atoms with Crippen molar-refractivity contribution in [3.8, 4) is 0 Å². The van der Waals surface area contributed by atoms with Crippen LogP contribution in [-0.4, -0.2) is 29.3 Å². The standard InChI is InChI=1S/C18H19FN2O3/c19-15-5-2-1-4-13(15)12-21(14-7-8-14)17(22)9-10-20-18(23)16-6-3-11-24-16/h1-6,11,14H,7-10,12H2,(H,20,23). The quantitative estimate of drug-likeness (QED) is 0.849. The van der Waals surface area contributed by atoms with Gasteiger partial charge in [0.2, 0.25) is 5.91 Å². The van der Waals surface area contributed by atoms with Crippen LogP contribution in [0.1, 0.15) is 35.4 Å². The van der Waals surface area contributed by atoms with Crippen molar-refractivity contribution in [2.24, 2.45) is 0 Å². The van der Waals surface area contributed by atoms with E-state index in [1.807, 2.05) is 0 Å². The van der Waals surface area contributed by atoms with Gasteiger partial charge < -0.3 is 14.6 Å².